The van der Waals surface area contributed by atoms with Gasteiger partial charge in [0.25, 0.3) is 5.91 Å². The van der Waals surface area contributed by atoms with Crippen LogP contribution in [0.1, 0.15) is 44.8 Å². The molecule has 0 saturated heterocycles. The normalized spacial score (nSPS) is 12.9. The zero-order valence-corrected chi connectivity index (χ0v) is 25.1. The van der Waals surface area contributed by atoms with Crippen molar-refractivity contribution in [2.24, 2.45) is 4.99 Å². The van der Waals surface area contributed by atoms with Crippen LogP contribution in [0.2, 0.25) is 5.02 Å². The number of benzene rings is 3. The predicted molar refractivity (Wildman–Crippen MR) is 165 cm³/mol. The molecule has 4 aromatic rings. The third-order valence-electron chi connectivity index (χ3n) is 6.04. The second-order valence-corrected chi connectivity index (χ2v) is 12.3. The van der Waals surface area contributed by atoms with Crippen LogP contribution in [0, 0.1) is 3.57 Å². The maximum atomic E-state index is 13.4. The highest BCUT2D eigenvalue weighted by Crippen LogP contribution is 2.40. The first-order valence-corrected chi connectivity index (χ1v) is 15.0. The molecule has 0 unspecified atom stereocenters. The number of amides is 1. The number of halogens is 3. The summed E-state index contributed by atoms with van der Waals surface area (Å²) in [6.07, 6.45) is 5.92. The fourth-order valence-corrected chi connectivity index (χ4v) is 7.48. The Kier molecular flexibility index (Phi) is 8.64. The third-order valence-corrected chi connectivity index (χ3v) is 8.74. The lowest BCUT2D eigenvalue weighted by Gasteiger charge is -2.13. The minimum absolute atomic E-state index is 0.112. The number of rotatable bonds is 7. The fraction of sp³-hybridized carbons (Fsp3) is 0.172. The Labute approximate surface area is 247 Å². The van der Waals surface area contributed by atoms with Crippen molar-refractivity contribution >= 4 is 84.3 Å². The van der Waals surface area contributed by atoms with Crippen LogP contribution in [-0.2, 0) is 19.4 Å². The first kappa shape index (κ1) is 26.4. The number of carbonyl (C=O) groups excluding carboxylic acids is 1. The van der Waals surface area contributed by atoms with Gasteiger partial charge in [0.05, 0.1) is 9.13 Å². The van der Waals surface area contributed by atoms with Crippen molar-refractivity contribution in [2.75, 3.05) is 5.32 Å². The zero-order chi connectivity index (χ0) is 25.8. The SMILES string of the molecule is O=C(Nc1ccccc1)c1c(N=Cc2cc(Br)cc(I)c2OCc2cccc(Cl)c2)sc2c1CCCC2. The van der Waals surface area contributed by atoms with Crippen molar-refractivity contribution in [1.29, 1.82) is 0 Å². The van der Waals surface area contributed by atoms with Crippen LogP contribution in [0.15, 0.2) is 76.2 Å². The van der Waals surface area contributed by atoms with E-state index in [4.69, 9.17) is 21.3 Å². The van der Waals surface area contributed by atoms with Crippen LogP contribution < -0.4 is 10.1 Å². The summed E-state index contributed by atoms with van der Waals surface area (Å²) in [5, 5.41) is 4.47. The number of thiophene rings is 1. The van der Waals surface area contributed by atoms with E-state index in [1.807, 2.05) is 66.7 Å². The topological polar surface area (TPSA) is 50.7 Å². The predicted octanol–water partition coefficient (Wildman–Crippen LogP) is 9.23. The van der Waals surface area contributed by atoms with Gasteiger partial charge in [-0.15, -0.1) is 11.3 Å². The van der Waals surface area contributed by atoms with Crippen LogP contribution >= 0.6 is 61.5 Å². The van der Waals surface area contributed by atoms with Crippen molar-refractivity contribution in [3.63, 3.8) is 0 Å². The van der Waals surface area contributed by atoms with E-state index in [-0.39, 0.29) is 5.91 Å². The first-order chi connectivity index (χ1) is 18.0. The van der Waals surface area contributed by atoms with Gasteiger partial charge in [-0.25, -0.2) is 4.99 Å². The van der Waals surface area contributed by atoms with Crippen LogP contribution in [0.4, 0.5) is 10.7 Å². The van der Waals surface area contributed by atoms with Crippen molar-refractivity contribution in [3.05, 3.63) is 107 Å². The Morgan fingerprint density at radius 1 is 1.11 bits per heavy atom. The Morgan fingerprint density at radius 3 is 2.73 bits per heavy atom. The Morgan fingerprint density at radius 2 is 1.92 bits per heavy atom. The molecule has 0 radical (unpaired) electrons. The number of para-hydroxylation sites is 1. The number of carbonyl (C=O) groups is 1. The highest BCUT2D eigenvalue weighted by molar-refractivity contribution is 14.1. The smallest absolute Gasteiger partial charge is 0.259 e. The number of ether oxygens (including phenoxy) is 1. The molecule has 8 heteroatoms. The van der Waals surface area contributed by atoms with Crippen molar-refractivity contribution in [1.82, 2.24) is 0 Å². The Hall–Kier alpha value is -2.20. The Balaban J connectivity index is 1.47. The number of fused-ring (bicyclic) bond motifs is 1. The van der Waals surface area contributed by atoms with Gasteiger partial charge in [0.1, 0.15) is 17.4 Å². The molecule has 4 nitrogen and oxygen atoms in total. The maximum absolute atomic E-state index is 13.4. The molecule has 1 aliphatic rings. The second kappa shape index (κ2) is 12.1. The molecule has 37 heavy (non-hydrogen) atoms. The molecule has 1 aliphatic carbocycles. The van der Waals surface area contributed by atoms with E-state index in [9.17, 15) is 4.79 Å². The average Bonchev–Trinajstić information content (AvgIpc) is 3.26. The van der Waals surface area contributed by atoms with Crippen LogP contribution in [0.5, 0.6) is 5.75 Å². The summed E-state index contributed by atoms with van der Waals surface area (Å²) < 4.78 is 8.13. The van der Waals surface area contributed by atoms with Gasteiger partial charge in [0, 0.05) is 31.8 Å². The number of hydrogen-bond donors (Lipinski definition) is 1. The minimum atomic E-state index is -0.112. The number of aliphatic imine (C=N–C) groups is 1. The molecule has 5 rings (SSSR count). The van der Waals surface area contributed by atoms with Crippen LogP contribution in [0.25, 0.3) is 0 Å². The summed E-state index contributed by atoms with van der Waals surface area (Å²) in [6.45, 7) is 0.386. The van der Waals surface area contributed by atoms with Crippen molar-refractivity contribution in [2.45, 2.75) is 32.3 Å². The molecule has 0 saturated carbocycles. The van der Waals surface area contributed by atoms with Gasteiger partial charge in [-0.3, -0.25) is 4.79 Å². The third kappa shape index (κ3) is 6.45. The monoisotopic (exact) mass is 704 g/mol. The second-order valence-electron chi connectivity index (χ2n) is 8.69. The average molecular weight is 706 g/mol. The van der Waals surface area contributed by atoms with Crippen LogP contribution in [-0.4, -0.2) is 12.1 Å². The van der Waals surface area contributed by atoms with E-state index < -0.39 is 0 Å². The van der Waals surface area contributed by atoms with E-state index in [0.29, 0.717) is 17.2 Å². The van der Waals surface area contributed by atoms with Crippen LogP contribution in [0.3, 0.4) is 0 Å². The van der Waals surface area contributed by atoms with Gasteiger partial charge < -0.3 is 10.1 Å². The summed E-state index contributed by atoms with van der Waals surface area (Å²) in [6, 6.07) is 21.2. The molecule has 1 aromatic heterocycles. The molecule has 3 aromatic carbocycles. The molecule has 0 atom stereocenters. The molecular formula is C29H23BrClIN2O2S. The lowest BCUT2D eigenvalue weighted by molar-refractivity contribution is 0.102. The number of nitrogens with one attached hydrogen (secondary N) is 1. The lowest BCUT2D eigenvalue weighted by Crippen LogP contribution is -2.14. The number of hydrogen-bond acceptors (Lipinski definition) is 4. The largest absolute Gasteiger partial charge is 0.487 e. The van der Waals surface area contributed by atoms with Crippen molar-refractivity contribution in [3.8, 4) is 5.75 Å². The highest BCUT2D eigenvalue weighted by Gasteiger charge is 2.25. The van der Waals surface area contributed by atoms with Gasteiger partial charge in [0.2, 0.25) is 0 Å². The standard InChI is InChI=1S/C29H23BrClIN2O2S/c30-20-14-19(27(24(32)15-20)36-17-18-7-6-8-21(31)13-18)16-33-29-26(23-11-4-5-12-25(23)37-29)28(35)34-22-9-2-1-3-10-22/h1-3,6-10,13-16H,4-5,11-12,17H2,(H,34,35). The number of nitrogens with zero attached hydrogens (tertiary/aromatic N) is 1. The zero-order valence-electron chi connectivity index (χ0n) is 19.8. The fourth-order valence-electron chi connectivity index (χ4n) is 4.33. The van der Waals surface area contributed by atoms with Gasteiger partial charge in [-0.1, -0.05) is 57.9 Å². The first-order valence-electron chi connectivity index (χ1n) is 11.9. The van der Waals surface area contributed by atoms with E-state index in [1.165, 1.54) is 4.88 Å². The highest BCUT2D eigenvalue weighted by atomic mass is 127. The van der Waals surface area contributed by atoms with Gasteiger partial charge >= 0.3 is 0 Å². The molecular weight excluding hydrogens is 683 g/mol. The van der Waals surface area contributed by atoms with Gasteiger partial charge in [-0.2, -0.15) is 0 Å². The minimum Gasteiger partial charge on any atom is -0.487 e. The molecule has 0 spiro atoms. The molecule has 1 heterocycles. The quantitative estimate of drug-likeness (QED) is 0.154. The molecule has 1 amide bonds. The summed E-state index contributed by atoms with van der Waals surface area (Å²) in [4.78, 5) is 19.5. The molecule has 0 fully saturated rings. The van der Waals surface area contributed by atoms with E-state index >= 15 is 0 Å². The lowest BCUT2D eigenvalue weighted by atomic mass is 9.95. The summed E-state index contributed by atoms with van der Waals surface area (Å²) in [5.41, 5.74) is 4.42. The molecule has 188 valence electrons. The summed E-state index contributed by atoms with van der Waals surface area (Å²) in [5.74, 6) is 0.628. The van der Waals surface area contributed by atoms with E-state index in [1.54, 1.807) is 17.6 Å². The van der Waals surface area contributed by atoms with Gasteiger partial charge in [-0.05, 0) is 95.8 Å². The molecule has 1 N–H and O–H groups in total. The maximum Gasteiger partial charge on any atom is 0.259 e. The van der Waals surface area contributed by atoms with Crippen molar-refractivity contribution < 1.29 is 9.53 Å². The van der Waals surface area contributed by atoms with E-state index in [0.717, 1.165) is 66.9 Å². The van der Waals surface area contributed by atoms with E-state index in [2.05, 4.69) is 43.8 Å². The molecule has 0 bridgehead atoms. The number of anilines is 1. The summed E-state index contributed by atoms with van der Waals surface area (Å²) >= 11 is 13.6. The summed E-state index contributed by atoms with van der Waals surface area (Å²) in [7, 11) is 0. The van der Waals surface area contributed by atoms with Gasteiger partial charge in [0.15, 0.2) is 0 Å². The molecule has 0 aliphatic heterocycles. The Bertz CT molecular complexity index is 1470. The number of aryl methyl sites for hydroxylation is 1.